The van der Waals surface area contributed by atoms with E-state index in [1.165, 1.54) is 80.6 Å². The van der Waals surface area contributed by atoms with Crippen molar-refractivity contribution in [2.75, 3.05) is 0 Å². The summed E-state index contributed by atoms with van der Waals surface area (Å²) in [5.74, 6) is 0. The summed E-state index contributed by atoms with van der Waals surface area (Å²) in [4.78, 5) is 0. The van der Waals surface area contributed by atoms with Gasteiger partial charge in [-0.2, -0.15) is 0 Å². The third-order valence-corrected chi connectivity index (χ3v) is 29.9. The second kappa shape index (κ2) is 17.7. The summed E-state index contributed by atoms with van der Waals surface area (Å²) in [6.07, 6.45) is 5.54. The van der Waals surface area contributed by atoms with Gasteiger partial charge in [0.05, 0.1) is 0 Å². The van der Waals surface area contributed by atoms with Gasteiger partial charge in [0.25, 0.3) is 0 Å². The van der Waals surface area contributed by atoms with Crippen LogP contribution in [-0.2, 0) is 20.9 Å². The minimum absolute atomic E-state index is 0. The number of benzene rings is 6. The Labute approximate surface area is 327 Å². The van der Waals surface area contributed by atoms with Crippen LogP contribution in [0.4, 0.5) is 0 Å². The van der Waals surface area contributed by atoms with Crippen molar-refractivity contribution >= 4 is 39.3 Å². The molecule has 8 rings (SSSR count). The fourth-order valence-electron chi connectivity index (χ4n) is 8.77. The van der Waals surface area contributed by atoms with Crippen molar-refractivity contribution in [2.24, 2.45) is 0 Å². The van der Waals surface area contributed by atoms with Crippen LogP contribution in [0, 0.1) is 0 Å². The molecular weight excluding hydrogens is 755 g/mol. The fourth-order valence-corrected chi connectivity index (χ4v) is 29.3. The summed E-state index contributed by atoms with van der Waals surface area (Å²) in [7, 11) is 0. The molecule has 6 aromatic rings. The zero-order valence-electron chi connectivity index (χ0n) is 30.6. The van der Waals surface area contributed by atoms with Crippen molar-refractivity contribution in [1.82, 2.24) is 0 Å². The van der Waals surface area contributed by atoms with Crippen LogP contribution in [0.15, 0.2) is 145 Å². The molecule has 0 bridgehead atoms. The average Bonchev–Trinajstić information content (AvgIpc) is 3.60. The molecule has 0 saturated carbocycles. The van der Waals surface area contributed by atoms with Gasteiger partial charge in [0.1, 0.15) is 0 Å². The van der Waals surface area contributed by atoms with E-state index >= 15 is 0 Å². The molecule has 4 heteroatoms. The van der Waals surface area contributed by atoms with Crippen molar-refractivity contribution in [1.29, 1.82) is 0 Å². The van der Waals surface area contributed by atoms with Crippen LogP contribution in [-0.4, -0.2) is 6.65 Å². The normalized spacial score (nSPS) is 16.1. The Bertz CT molecular complexity index is 2030. The first-order chi connectivity index (χ1) is 24.1. The van der Waals surface area contributed by atoms with E-state index in [9.17, 15) is 0 Å². The minimum atomic E-state index is -2.13. The van der Waals surface area contributed by atoms with Crippen molar-refractivity contribution in [3.8, 4) is 0 Å². The molecule has 0 fully saturated rings. The number of hydrogen-bond donors (Lipinski definition) is 0. The van der Waals surface area contributed by atoms with E-state index in [0.29, 0.717) is 7.25 Å². The molecule has 0 N–H and O–H groups in total. The summed E-state index contributed by atoms with van der Waals surface area (Å²) >= 11 is -2.13. The molecule has 0 amide bonds. The molecule has 0 aromatic heterocycles. The van der Waals surface area contributed by atoms with Gasteiger partial charge in [0.2, 0.25) is 0 Å². The van der Waals surface area contributed by atoms with Crippen LogP contribution in [0.5, 0.6) is 0 Å². The van der Waals surface area contributed by atoms with Gasteiger partial charge >= 0.3 is 266 Å². The predicted molar refractivity (Wildman–Crippen MR) is 214 cm³/mol. The first-order valence-electron chi connectivity index (χ1n) is 18.5. The van der Waals surface area contributed by atoms with Crippen LogP contribution in [0.2, 0.25) is 6.55 Å². The molecule has 2 aliphatic carbocycles. The minimum Gasteiger partial charge on any atom is -1.00 e. The van der Waals surface area contributed by atoms with E-state index in [2.05, 4.69) is 168 Å². The fraction of sp³-hybridized carbons (Fsp3) is 0.234. The molecule has 0 nitrogen and oxygen atoms in total. The van der Waals surface area contributed by atoms with E-state index in [1.807, 2.05) is 0 Å². The molecule has 2 unspecified atom stereocenters. The van der Waals surface area contributed by atoms with Crippen LogP contribution in [0.3, 0.4) is 0 Å². The maximum atomic E-state index is 2.63. The summed E-state index contributed by atoms with van der Waals surface area (Å²) in [5.41, 5.74) is 15.2. The van der Waals surface area contributed by atoms with Crippen molar-refractivity contribution in [3.05, 3.63) is 178 Å². The summed E-state index contributed by atoms with van der Waals surface area (Å²) in [5, 5.41) is 5.39. The van der Waals surface area contributed by atoms with Crippen molar-refractivity contribution < 1.29 is 45.7 Å². The molecule has 259 valence electrons. The van der Waals surface area contributed by atoms with E-state index in [0.717, 1.165) is 0 Å². The SMILES string of the molecule is CCCCCC.C[SiH2][Zr+2]([CH]1C(C)=C(c2cccc3ccccc23)c2ccccc21)[CH]1C(C)=C(c2cccc3ccccc23)c2ccccc21.[Cl-].[Cl-]. The molecular formula is C47H49Cl2SiZr. The smallest absolute Gasteiger partial charge is 1.00 e. The predicted octanol–water partition coefficient (Wildman–Crippen LogP) is 6.79. The average molecular weight is 804 g/mol. The first-order valence-corrected chi connectivity index (χ1v) is 28.7. The van der Waals surface area contributed by atoms with Crippen LogP contribution >= 0.6 is 0 Å². The van der Waals surface area contributed by atoms with Gasteiger partial charge in [0.15, 0.2) is 0 Å². The Balaban J connectivity index is 0.000000583. The van der Waals surface area contributed by atoms with Gasteiger partial charge in [0, 0.05) is 0 Å². The van der Waals surface area contributed by atoms with E-state index < -0.39 is 20.9 Å². The molecule has 2 atom stereocenters. The first kappa shape index (κ1) is 39.2. The molecule has 0 aliphatic heterocycles. The van der Waals surface area contributed by atoms with Gasteiger partial charge in [-0.15, -0.1) is 0 Å². The zero-order chi connectivity index (χ0) is 33.9. The third-order valence-electron chi connectivity index (χ3n) is 11.0. The number of fused-ring (bicyclic) bond motifs is 4. The van der Waals surface area contributed by atoms with E-state index in [-0.39, 0.29) is 31.5 Å². The van der Waals surface area contributed by atoms with Crippen molar-refractivity contribution in [2.45, 2.75) is 67.2 Å². The van der Waals surface area contributed by atoms with Crippen molar-refractivity contribution in [3.63, 3.8) is 0 Å². The Morgan fingerprint density at radius 2 is 0.824 bits per heavy atom. The molecule has 2 aliphatic rings. The summed E-state index contributed by atoms with van der Waals surface area (Å²) in [6, 6.07) is 50.4. The van der Waals surface area contributed by atoms with Crippen LogP contribution < -0.4 is 24.8 Å². The van der Waals surface area contributed by atoms with Gasteiger partial charge in [-0.25, -0.2) is 0 Å². The van der Waals surface area contributed by atoms with Gasteiger partial charge in [-0.05, 0) is 0 Å². The second-order valence-electron chi connectivity index (χ2n) is 13.8. The molecule has 0 heterocycles. The Morgan fingerprint density at radius 3 is 1.24 bits per heavy atom. The summed E-state index contributed by atoms with van der Waals surface area (Å²) in [6.45, 7) is 11.8. The van der Waals surface area contributed by atoms with Crippen LogP contribution in [0.25, 0.3) is 32.7 Å². The Morgan fingerprint density at radius 1 is 0.471 bits per heavy atom. The molecule has 0 saturated heterocycles. The topological polar surface area (TPSA) is 0 Å². The maximum absolute atomic E-state index is 2.63. The Hall–Kier alpha value is -3.00. The van der Waals surface area contributed by atoms with E-state index in [4.69, 9.17) is 0 Å². The monoisotopic (exact) mass is 801 g/mol. The largest absolute Gasteiger partial charge is 1.00 e. The van der Waals surface area contributed by atoms with Gasteiger partial charge < -0.3 is 24.8 Å². The third kappa shape index (κ3) is 7.32. The molecule has 51 heavy (non-hydrogen) atoms. The van der Waals surface area contributed by atoms with Gasteiger partial charge in [-0.3, -0.25) is 0 Å². The number of hydrogen-bond acceptors (Lipinski definition) is 0. The molecule has 0 spiro atoms. The standard InChI is InChI=1S/2C20H15.C6H14.CH5Si.2ClH.Zr/c2*1-14-13-16-8-3-5-11-18(16)20(14)19-12-6-9-15-7-2-4-10-17(15)19;1-3-5-6-4-2;1-2;;;/h2*2-13H,1H3;3-6H2,1-2H3;2H2,1H3;2*1H;/q;;;;;;+2/p-2. The number of unbranched alkanes of at least 4 members (excludes halogenated alkanes) is 3. The second-order valence-corrected chi connectivity index (χ2v) is 30.3. The maximum Gasteiger partial charge on any atom is -1.00 e. The number of allylic oxidation sites excluding steroid dienone is 2. The zero-order valence-corrected chi connectivity index (χ0v) is 36.0. The van der Waals surface area contributed by atoms with Crippen LogP contribution in [0.1, 0.15) is 94.0 Å². The van der Waals surface area contributed by atoms with Gasteiger partial charge in [-0.1, -0.05) is 39.5 Å². The quantitative estimate of drug-likeness (QED) is 0.118. The summed E-state index contributed by atoms with van der Waals surface area (Å²) < 4.78 is 1.23. The molecule has 0 radical (unpaired) electrons. The number of halogens is 2. The van der Waals surface area contributed by atoms with E-state index in [1.54, 1.807) is 22.3 Å². The number of rotatable bonds is 8. The Kier molecular flexibility index (Phi) is 13.6. The molecule has 6 aromatic carbocycles.